The van der Waals surface area contributed by atoms with Crippen LogP contribution >= 0.6 is 0 Å². The van der Waals surface area contributed by atoms with Gasteiger partial charge in [0.25, 0.3) is 0 Å². The summed E-state index contributed by atoms with van der Waals surface area (Å²) >= 11 is 0. The Morgan fingerprint density at radius 1 is 1.29 bits per heavy atom. The van der Waals surface area contributed by atoms with Crippen molar-refractivity contribution in [2.45, 2.75) is 19.5 Å². The Labute approximate surface area is 99.1 Å². The molecule has 90 valence electrons. The molecule has 0 radical (unpaired) electrons. The van der Waals surface area contributed by atoms with Crippen LogP contribution < -0.4 is 5.73 Å². The Morgan fingerprint density at radius 2 is 2.06 bits per heavy atom. The van der Waals surface area contributed by atoms with Crippen molar-refractivity contribution < 1.29 is 5.11 Å². The lowest BCUT2D eigenvalue weighted by molar-refractivity contribution is 0.276. The molecule has 0 amide bonds. The van der Waals surface area contributed by atoms with Crippen LogP contribution in [0.5, 0.6) is 0 Å². The predicted octanol–water partition coefficient (Wildman–Crippen LogP) is 0.181. The van der Waals surface area contributed by atoms with E-state index in [1.165, 1.54) is 0 Å². The third kappa shape index (κ3) is 2.48. The minimum absolute atomic E-state index is 0.133. The van der Waals surface area contributed by atoms with Crippen molar-refractivity contribution in [2.24, 2.45) is 5.73 Å². The van der Waals surface area contributed by atoms with Crippen LogP contribution in [0.4, 0.5) is 0 Å². The molecule has 0 atom stereocenters. The zero-order valence-corrected chi connectivity index (χ0v) is 9.45. The maximum absolute atomic E-state index is 8.86. The molecule has 0 aromatic carbocycles. The number of rotatable bonds is 5. The minimum Gasteiger partial charge on any atom is -0.396 e. The number of hydrogen-bond donors (Lipinski definition) is 2. The highest BCUT2D eigenvalue weighted by Crippen LogP contribution is 2.21. The Morgan fingerprint density at radius 3 is 2.71 bits per heavy atom. The van der Waals surface area contributed by atoms with Gasteiger partial charge in [0.2, 0.25) is 0 Å². The van der Waals surface area contributed by atoms with Gasteiger partial charge < -0.3 is 10.8 Å². The van der Waals surface area contributed by atoms with E-state index in [0.717, 1.165) is 17.0 Å². The smallest absolute Gasteiger partial charge is 0.104 e. The van der Waals surface area contributed by atoms with Crippen LogP contribution in [0.1, 0.15) is 12.1 Å². The second-order valence-electron chi connectivity index (χ2n) is 3.63. The average Bonchev–Trinajstić information content (AvgIpc) is 2.80. The highest BCUT2D eigenvalue weighted by atomic mass is 16.3. The molecule has 3 N–H and O–H groups in total. The van der Waals surface area contributed by atoms with Gasteiger partial charge in [-0.25, -0.2) is 4.68 Å². The molecule has 17 heavy (non-hydrogen) atoms. The zero-order chi connectivity index (χ0) is 12.1. The Bertz CT molecular complexity index is 468. The van der Waals surface area contributed by atoms with Crippen LogP contribution in [0.15, 0.2) is 24.5 Å². The number of pyridine rings is 1. The van der Waals surface area contributed by atoms with Gasteiger partial charge in [-0.2, -0.15) is 0 Å². The summed E-state index contributed by atoms with van der Waals surface area (Å²) in [7, 11) is 0. The number of hydrogen-bond acceptors (Lipinski definition) is 5. The molecule has 0 aliphatic carbocycles. The summed E-state index contributed by atoms with van der Waals surface area (Å²) < 4.78 is 1.77. The zero-order valence-electron chi connectivity index (χ0n) is 9.45. The van der Waals surface area contributed by atoms with Gasteiger partial charge >= 0.3 is 0 Å². The first kappa shape index (κ1) is 11.7. The summed E-state index contributed by atoms with van der Waals surface area (Å²) in [5.74, 6) is 0. The van der Waals surface area contributed by atoms with Gasteiger partial charge in [-0.1, -0.05) is 5.21 Å². The van der Waals surface area contributed by atoms with Crippen LogP contribution in [-0.4, -0.2) is 31.7 Å². The highest BCUT2D eigenvalue weighted by molar-refractivity contribution is 5.61. The Kier molecular flexibility index (Phi) is 3.79. The normalized spacial score (nSPS) is 10.7. The van der Waals surface area contributed by atoms with Crippen molar-refractivity contribution >= 4 is 0 Å². The van der Waals surface area contributed by atoms with E-state index in [2.05, 4.69) is 15.3 Å². The summed E-state index contributed by atoms with van der Waals surface area (Å²) in [5, 5.41) is 17.0. The van der Waals surface area contributed by atoms with Crippen molar-refractivity contribution in [3.8, 4) is 11.3 Å². The van der Waals surface area contributed by atoms with E-state index in [1.54, 1.807) is 17.1 Å². The van der Waals surface area contributed by atoms with Gasteiger partial charge in [0.15, 0.2) is 0 Å². The summed E-state index contributed by atoms with van der Waals surface area (Å²) in [6.07, 6.45) is 4.09. The van der Waals surface area contributed by atoms with Gasteiger partial charge in [-0.05, 0) is 18.6 Å². The van der Waals surface area contributed by atoms with E-state index in [0.29, 0.717) is 19.5 Å². The first-order valence-corrected chi connectivity index (χ1v) is 5.50. The summed E-state index contributed by atoms with van der Waals surface area (Å²) in [6.45, 7) is 1.10. The molecule has 2 rings (SSSR count). The summed E-state index contributed by atoms with van der Waals surface area (Å²) in [5.41, 5.74) is 8.30. The molecule has 6 heteroatoms. The molecule has 2 heterocycles. The molecule has 0 bridgehead atoms. The van der Waals surface area contributed by atoms with Crippen molar-refractivity contribution in [3.63, 3.8) is 0 Å². The average molecular weight is 233 g/mol. The lowest BCUT2D eigenvalue weighted by atomic mass is 10.1. The first-order chi connectivity index (χ1) is 8.36. The molecule has 6 nitrogen and oxygen atoms in total. The summed E-state index contributed by atoms with van der Waals surface area (Å²) in [6, 6.07) is 3.79. The molecule has 0 saturated carbocycles. The fourth-order valence-electron chi connectivity index (χ4n) is 1.69. The quantitative estimate of drug-likeness (QED) is 0.769. The number of nitrogens with zero attached hydrogens (tertiary/aromatic N) is 4. The third-order valence-corrected chi connectivity index (χ3v) is 2.48. The van der Waals surface area contributed by atoms with Gasteiger partial charge in [0.1, 0.15) is 5.69 Å². The van der Waals surface area contributed by atoms with E-state index in [-0.39, 0.29) is 6.61 Å². The van der Waals surface area contributed by atoms with Gasteiger partial charge in [-0.3, -0.25) is 4.98 Å². The molecule has 0 aliphatic heterocycles. The molecular formula is C11H15N5O. The monoisotopic (exact) mass is 233 g/mol. The van der Waals surface area contributed by atoms with Gasteiger partial charge in [0.05, 0.1) is 5.69 Å². The maximum atomic E-state index is 8.86. The van der Waals surface area contributed by atoms with Crippen molar-refractivity contribution in [3.05, 3.63) is 30.2 Å². The van der Waals surface area contributed by atoms with E-state index in [1.807, 2.05) is 12.1 Å². The molecule has 0 spiro atoms. The Hall–Kier alpha value is -1.79. The van der Waals surface area contributed by atoms with E-state index in [4.69, 9.17) is 10.8 Å². The molecule has 0 aliphatic rings. The molecule has 0 unspecified atom stereocenters. The second-order valence-corrected chi connectivity index (χ2v) is 3.63. The predicted molar refractivity (Wildman–Crippen MR) is 62.8 cm³/mol. The molecular weight excluding hydrogens is 218 g/mol. The van der Waals surface area contributed by atoms with Crippen molar-refractivity contribution in [2.75, 3.05) is 6.61 Å². The topological polar surface area (TPSA) is 89.8 Å². The van der Waals surface area contributed by atoms with Crippen molar-refractivity contribution in [1.29, 1.82) is 0 Å². The minimum atomic E-state index is 0.133. The summed E-state index contributed by atoms with van der Waals surface area (Å²) in [4.78, 5) is 3.98. The third-order valence-electron chi connectivity index (χ3n) is 2.48. The van der Waals surface area contributed by atoms with Gasteiger partial charge in [0, 0.05) is 37.7 Å². The van der Waals surface area contributed by atoms with E-state index >= 15 is 0 Å². The fraction of sp³-hybridized carbons (Fsp3) is 0.364. The number of nitrogens with two attached hydrogens (primary N) is 1. The standard InChI is InChI=1S/C11H15N5O/c12-8-10-11(9-2-4-13-5-3-9)16(15-14-10)6-1-7-17/h2-5,17H,1,6-8,12H2. The fourth-order valence-corrected chi connectivity index (χ4v) is 1.69. The van der Waals surface area contributed by atoms with E-state index in [9.17, 15) is 0 Å². The van der Waals surface area contributed by atoms with Crippen LogP contribution in [0.2, 0.25) is 0 Å². The van der Waals surface area contributed by atoms with Crippen LogP contribution in [0.3, 0.4) is 0 Å². The second kappa shape index (κ2) is 5.51. The van der Waals surface area contributed by atoms with Crippen LogP contribution in [-0.2, 0) is 13.1 Å². The molecule has 2 aromatic heterocycles. The Balaban J connectivity index is 2.39. The lowest BCUT2D eigenvalue weighted by Crippen LogP contribution is -2.06. The first-order valence-electron chi connectivity index (χ1n) is 5.50. The molecule has 2 aromatic rings. The van der Waals surface area contributed by atoms with Crippen molar-refractivity contribution in [1.82, 2.24) is 20.0 Å². The molecule has 0 saturated heterocycles. The lowest BCUT2D eigenvalue weighted by Gasteiger charge is -2.06. The maximum Gasteiger partial charge on any atom is 0.104 e. The van der Waals surface area contributed by atoms with Gasteiger partial charge in [-0.15, -0.1) is 5.10 Å². The largest absolute Gasteiger partial charge is 0.396 e. The number of aliphatic hydroxyl groups excluding tert-OH is 1. The van der Waals surface area contributed by atoms with Crippen LogP contribution in [0.25, 0.3) is 11.3 Å². The van der Waals surface area contributed by atoms with E-state index < -0.39 is 0 Å². The number of aryl methyl sites for hydroxylation is 1. The highest BCUT2D eigenvalue weighted by Gasteiger charge is 2.13. The van der Waals surface area contributed by atoms with Crippen LogP contribution in [0, 0.1) is 0 Å². The number of aliphatic hydroxyl groups is 1. The SMILES string of the molecule is NCc1nnn(CCCO)c1-c1ccncc1. The number of aromatic nitrogens is 4. The molecule has 0 fully saturated rings.